The molecule has 0 saturated heterocycles. The maximum absolute atomic E-state index is 12.7. The van der Waals surface area contributed by atoms with Crippen LogP contribution in [0.4, 0.5) is 4.39 Å². The molecule has 0 spiro atoms. The van der Waals surface area contributed by atoms with E-state index in [1.165, 1.54) is 24.3 Å². The van der Waals surface area contributed by atoms with Gasteiger partial charge >= 0.3 is 0 Å². The van der Waals surface area contributed by atoms with Crippen molar-refractivity contribution in [2.75, 3.05) is 6.61 Å². The van der Waals surface area contributed by atoms with Crippen LogP contribution in [-0.4, -0.2) is 24.6 Å². The largest absolute Gasteiger partial charge is 0.491 e. The molecule has 2 rings (SSSR count). The molecular weight excluding hydrogens is 223 g/mol. The minimum atomic E-state index is -0.493. The quantitative estimate of drug-likeness (QED) is 0.770. The highest BCUT2D eigenvalue weighted by Crippen LogP contribution is 2.19. The number of rotatable bonds is 6. The van der Waals surface area contributed by atoms with Gasteiger partial charge in [-0.15, -0.1) is 0 Å². The molecule has 0 radical (unpaired) electrons. The van der Waals surface area contributed by atoms with Gasteiger partial charge in [0.05, 0.1) is 0 Å². The zero-order chi connectivity index (χ0) is 12.3. The lowest BCUT2D eigenvalue weighted by molar-refractivity contribution is -0.120. The molecular formula is C12H15FN2O2. The zero-order valence-corrected chi connectivity index (χ0v) is 9.36. The van der Waals surface area contributed by atoms with Crippen molar-refractivity contribution in [1.29, 1.82) is 0 Å². The normalized spacial score (nSPS) is 16.5. The standard InChI is InChI=1S/C12H15FN2O2/c13-8-1-5-10(6-2-8)17-7-11(12(14)16)15-9-3-4-9/h1-2,5-6,9,11,15H,3-4,7H2,(H2,14,16). The van der Waals surface area contributed by atoms with E-state index >= 15 is 0 Å². The summed E-state index contributed by atoms with van der Waals surface area (Å²) in [5, 5.41) is 3.10. The van der Waals surface area contributed by atoms with Gasteiger partial charge in [-0.1, -0.05) is 0 Å². The van der Waals surface area contributed by atoms with Gasteiger partial charge in [-0.05, 0) is 37.1 Å². The SMILES string of the molecule is NC(=O)C(COc1ccc(F)cc1)NC1CC1. The third-order valence-electron chi connectivity index (χ3n) is 2.59. The Bertz CT molecular complexity index is 390. The average Bonchev–Trinajstić information content (AvgIpc) is 3.10. The molecule has 1 amide bonds. The zero-order valence-electron chi connectivity index (χ0n) is 9.36. The first-order valence-corrected chi connectivity index (χ1v) is 5.59. The summed E-state index contributed by atoms with van der Waals surface area (Å²) in [5.41, 5.74) is 5.26. The second kappa shape index (κ2) is 5.14. The topological polar surface area (TPSA) is 64.4 Å². The second-order valence-corrected chi connectivity index (χ2v) is 4.16. The molecule has 1 atom stereocenters. The summed E-state index contributed by atoms with van der Waals surface area (Å²) < 4.78 is 18.0. The number of hydrogen-bond acceptors (Lipinski definition) is 3. The van der Waals surface area contributed by atoms with E-state index in [0.717, 1.165) is 12.8 Å². The van der Waals surface area contributed by atoms with E-state index in [2.05, 4.69) is 5.32 Å². The first-order chi connectivity index (χ1) is 8.15. The van der Waals surface area contributed by atoms with Crippen molar-refractivity contribution in [2.24, 2.45) is 5.73 Å². The van der Waals surface area contributed by atoms with Gasteiger partial charge in [0.1, 0.15) is 24.2 Å². The molecule has 0 aromatic heterocycles. The van der Waals surface area contributed by atoms with E-state index in [1.54, 1.807) is 0 Å². The van der Waals surface area contributed by atoms with Crippen molar-refractivity contribution in [3.63, 3.8) is 0 Å². The number of amides is 1. The lowest BCUT2D eigenvalue weighted by atomic mass is 10.3. The molecule has 1 aromatic carbocycles. The fourth-order valence-electron chi connectivity index (χ4n) is 1.46. The number of halogens is 1. The third kappa shape index (κ3) is 3.71. The molecule has 92 valence electrons. The second-order valence-electron chi connectivity index (χ2n) is 4.16. The number of primary amides is 1. The number of carbonyl (C=O) groups is 1. The molecule has 5 heteroatoms. The van der Waals surface area contributed by atoms with Crippen molar-refractivity contribution >= 4 is 5.91 Å². The third-order valence-corrected chi connectivity index (χ3v) is 2.59. The van der Waals surface area contributed by atoms with Crippen molar-refractivity contribution in [3.8, 4) is 5.75 Å². The van der Waals surface area contributed by atoms with Gasteiger partial charge in [0, 0.05) is 6.04 Å². The first-order valence-electron chi connectivity index (χ1n) is 5.59. The van der Waals surface area contributed by atoms with Crippen LogP contribution in [-0.2, 0) is 4.79 Å². The van der Waals surface area contributed by atoms with Crippen molar-refractivity contribution in [1.82, 2.24) is 5.32 Å². The number of nitrogens with two attached hydrogens (primary N) is 1. The van der Waals surface area contributed by atoms with E-state index < -0.39 is 11.9 Å². The van der Waals surface area contributed by atoms with Gasteiger partial charge in [0.25, 0.3) is 0 Å². The summed E-state index contributed by atoms with van der Waals surface area (Å²) in [6, 6.07) is 5.54. The highest BCUT2D eigenvalue weighted by Gasteiger charge is 2.27. The molecule has 3 N–H and O–H groups in total. The Hall–Kier alpha value is -1.62. The number of nitrogens with one attached hydrogen (secondary N) is 1. The molecule has 1 aliphatic carbocycles. The molecule has 1 fully saturated rings. The Kier molecular flexibility index (Phi) is 3.58. The summed E-state index contributed by atoms with van der Waals surface area (Å²) in [6.07, 6.45) is 2.14. The van der Waals surface area contributed by atoms with Crippen LogP contribution >= 0.6 is 0 Å². The minimum Gasteiger partial charge on any atom is -0.491 e. The highest BCUT2D eigenvalue weighted by molar-refractivity contribution is 5.80. The number of hydrogen-bond donors (Lipinski definition) is 2. The minimum absolute atomic E-state index is 0.164. The lowest BCUT2D eigenvalue weighted by Crippen LogP contribution is -2.46. The summed E-state index contributed by atoms with van der Waals surface area (Å²) >= 11 is 0. The maximum Gasteiger partial charge on any atom is 0.238 e. The Morgan fingerprint density at radius 1 is 1.47 bits per heavy atom. The molecule has 1 aliphatic rings. The molecule has 17 heavy (non-hydrogen) atoms. The van der Waals surface area contributed by atoms with Crippen LogP contribution in [0.2, 0.25) is 0 Å². The Morgan fingerprint density at radius 2 is 2.12 bits per heavy atom. The molecule has 1 aromatic rings. The van der Waals surface area contributed by atoms with Crippen LogP contribution in [0, 0.1) is 5.82 Å². The Morgan fingerprint density at radius 3 is 2.65 bits per heavy atom. The van der Waals surface area contributed by atoms with E-state index in [1.807, 2.05) is 0 Å². The highest BCUT2D eigenvalue weighted by atomic mass is 19.1. The van der Waals surface area contributed by atoms with Gasteiger partial charge in [0.15, 0.2) is 0 Å². The summed E-state index contributed by atoms with van der Waals surface area (Å²) in [7, 11) is 0. The van der Waals surface area contributed by atoms with E-state index in [-0.39, 0.29) is 12.4 Å². The van der Waals surface area contributed by atoms with E-state index in [0.29, 0.717) is 11.8 Å². The van der Waals surface area contributed by atoms with Crippen LogP contribution < -0.4 is 15.8 Å². The summed E-state index contributed by atoms with van der Waals surface area (Å²) in [5.74, 6) is -0.228. The lowest BCUT2D eigenvalue weighted by Gasteiger charge is -2.15. The van der Waals surface area contributed by atoms with Gasteiger partial charge in [-0.2, -0.15) is 0 Å². The Labute approximate surface area is 98.9 Å². The molecule has 0 aliphatic heterocycles. The Balaban J connectivity index is 1.85. The van der Waals surface area contributed by atoms with Crippen molar-refractivity contribution < 1.29 is 13.9 Å². The summed E-state index contributed by atoms with van der Waals surface area (Å²) in [4.78, 5) is 11.2. The smallest absolute Gasteiger partial charge is 0.238 e. The average molecular weight is 238 g/mol. The monoisotopic (exact) mass is 238 g/mol. The van der Waals surface area contributed by atoms with Gasteiger partial charge in [-0.25, -0.2) is 4.39 Å². The predicted molar refractivity (Wildman–Crippen MR) is 61.0 cm³/mol. The van der Waals surface area contributed by atoms with Crippen LogP contribution in [0.1, 0.15) is 12.8 Å². The van der Waals surface area contributed by atoms with Crippen LogP contribution in [0.15, 0.2) is 24.3 Å². The van der Waals surface area contributed by atoms with Crippen LogP contribution in [0.3, 0.4) is 0 Å². The van der Waals surface area contributed by atoms with Gasteiger partial charge in [0.2, 0.25) is 5.91 Å². The van der Waals surface area contributed by atoms with E-state index in [4.69, 9.17) is 10.5 Å². The van der Waals surface area contributed by atoms with Crippen molar-refractivity contribution in [2.45, 2.75) is 24.9 Å². The molecule has 4 nitrogen and oxygen atoms in total. The van der Waals surface area contributed by atoms with Crippen molar-refractivity contribution in [3.05, 3.63) is 30.1 Å². The number of ether oxygens (including phenoxy) is 1. The fraction of sp³-hybridized carbons (Fsp3) is 0.417. The van der Waals surface area contributed by atoms with E-state index in [9.17, 15) is 9.18 Å². The first kappa shape index (κ1) is 11.9. The molecule has 0 bridgehead atoms. The van der Waals surface area contributed by atoms with Gasteiger partial charge in [-0.3, -0.25) is 4.79 Å². The van der Waals surface area contributed by atoms with Crippen LogP contribution in [0.5, 0.6) is 5.75 Å². The van der Waals surface area contributed by atoms with Gasteiger partial charge < -0.3 is 15.8 Å². The molecule has 1 unspecified atom stereocenters. The molecule has 1 saturated carbocycles. The number of carbonyl (C=O) groups excluding carboxylic acids is 1. The predicted octanol–water partition coefficient (Wildman–Crippen LogP) is 0.810. The number of benzene rings is 1. The van der Waals surface area contributed by atoms with Crippen LogP contribution in [0.25, 0.3) is 0 Å². The molecule has 0 heterocycles. The maximum atomic E-state index is 12.7. The summed E-state index contributed by atoms with van der Waals surface area (Å²) in [6.45, 7) is 0.164. The fourth-order valence-corrected chi connectivity index (χ4v) is 1.46.